The van der Waals surface area contributed by atoms with E-state index in [9.17, 15) is 9.59 Å². The minimum atomic E-state index is -0.790. The summed E-state index contributed by atoms with van der Waals surface area (Å²) in [7, 11) is 3.44. The first-order chi connectivity index (χ1) is 10.5. The predicted octanol–water partition coefficient (Wildman–Crippen LogP) is 1.78. The summed E-state index contributed by atoms with van der Waals surface area (Å²) in [4.78, 5) is 23.1. The zero-order chi connectivity index (χ0) is 15.9. The highest BCUT2D eigenvalue weighted by Crippen LogP contribution is 2.28. The van der Waals surface area contributed by atoms with E-state index in [0.29, 0.717) is 18.5 Å². The third-order valence-corrected chi connectivity index (χ3v) is 4.31. The topological polar surface area (TPSA) is 80.6 Å². The van der Waals surface area contributed by atoms with Crippen molar-refractivity contribution < 1.29 is 19.4 Å². The molecule has 6 heteroatoms. The highest BCUT2D eigenvalue weighted by atomic mass is 16.5. The van der Waals surface area contributed by atoms with Gasteiger partial charge in [0.15, 0.2) is 0 Å². The van der Waals surface area contributed by atoms with Crippen molar-refractivity contribution in [2.75, 3.05) is 7.11 Å². The van der Waals surface area contributed by atoms with E-state index in [-0.39, 0.29) is 17.9 Å². The molecule has 0 bridgehead atoms. The maximum Gasteiger partial charge on any atom is 0.306 e. The van der Waals surface area contributed by atoms with Gasteiger partial charge in [0.1, 0.15) is 11.4 Å². The first kappa shape index (κ1) is 14.4. The second-order valence-corrected chi connectivity index (χ2v) is 5.69. The van der Waals surface area contributed by atoms with Gasteiger partial charge in [0.2, 0.25) is 0 Å². The number of carboxylic acids is 1. The van der Waals surface area contributed by atoms with Crippen LogP contribution in [0.3, 0.4) is 0 Å². The smallest absolute Gasteiger partial charge is 0.306 e. The van der Waals surface area contributed by atoms with Crippen molar-refractivity contribution in [2.24, 2.45) is 13.0 Å². The summed E-state index contributed by atoms with van der Waals surface area (Å²) in [6.45, 7) is 0. The number of hydrogen-bond donors (Lipinski definition) is 2. The van der Waals surface area contributed by atoms with Gasteiger partial charge in [-0.3, -0.25) is 9.59 Å². The SMILES string of the molecule is COc1ccc2cc(C(=O)NC3CC(C(=O)O)C3)n(C)c2c1. The van der Waals surface area contributed by atoms with E-state index >= 15 is 0 Å². The van der Waals surface area contributed by atoms with Gasteiger partial charge < -0.3 is 19.7 Å². The molecule has 1 aromatic heterocycles. The number of methoxy groups -OCH3 is 1. The summed E-state index contributed by atoms with van der Waals surface area (Å²) in [6, 6.07) is 7.43. The Balaban J connectivity index is 1.77. The minimum absolute atomic E-state index is 0.0545. The molecule has 1 aliphatic carbocycles. The maximum absolute atomic E-state index is 12.4. The average molecular weight is 302 g/mol. The van der Waals surface area contributed by atoms with Crippen molar-refractivity contribution >= 4 is 22.8 Å². The fourth-order valence-electron chi connectivity index (χ4n) is 2.85. The summed E-state index contributed by atoms with van der Waals surface area (Å²) >= 11 is 0. The van der Waals surface area contributed by atoms with Crippen LogP contribution in [0, 0.1) is 5.92 Å². The summed E-state index contributed by atoms with van der Waals surface area (Å²) in [5.41, 5.74) is 1.48. The molecule has 22 heavy (non-hydrogen) atoms. The van der Waals surface area contributed by atoms with E-state index in [1.54, 1.807) is 7.11 Å². The molecule has 0 aliphatic heterocycles. The van der Waals surface area contributed by atoms with Crippen LogP contribution in [0.1, 0.15) is 23.3 Å². The third-order valence-electron chi connectivity index (χ3n) is 4.31. The lowest BCUT2D eigenvalue weighted by Crippen LogP contribution is -2.47. The standard InChI is InChI=1S/C16H18N2O4/c1-18-13-8-12(22-2)4-3-9(13)7-14(18)15(19)17-11-5-10(6-11)16(20)21/h3-4,7-8,10-11H,5-6H2,1-2H3,(H,17,19)(H,20,21). The molecule has 1 saturated carbocycles. The number of aryl methyl sites for hydroxylation is 1. The lowest BCUT2D eigenvalue weighted by Gasteiger charge is -2.32. The summed E-state index contributed by atoms with van der Waals surface area (Å²) < 4.78 is 7.02. The molecule has 1 heterocycles. The van der Waals surface area contributed by atoms with E-state index in [4.69, 9.17) is 9.84 Å². The van der Waals surface area contributed by atoms with Gasteiger partial charge in [-0.25, -0.2) is 0 Å². The van der Waals surface area contributed by atoms with E-state index in [1.165, 1.54) is 0 Å². The van der Waals surface area contributed by atoms with Gasteiger partial charge in [0.05, 0.1) is 18.5 Å². The Kier molecular flexibility index (Phi) is 3.52. The Morgan fingerprint density at radius 3 is 2.68 bits per heavy atom. The van der Waals surface area contributed by atoms with E-state index in [2.05, 4.69) is 5.32 Å². The molecule has 1 amide bonds. The van der Waals surface area contributed by atoms with Crippen molar-refractivity contribution in [2.45, 2.75) is 18.9 Å². The van der Waals surface area contributed by atoms with Crippen molar-refractivity contribution in [3.63, 3.8) is 0 Å². The normalized spacial score (nSPS) is 20.5. The Hall–Kier alpha value is -2.50. The molecular weight excluding hydrogens is 284 g/mol. The lowest BCUT2D eigenvalue weighted by atomic mass is 9.80. The highest BCUT2D eigenvalue weighted by Gasteiger charge is 2.35. The zero-order valence-corrected chi connectivity index (χ0v) is 12.5. The number of aliphatic carboxylic acids is 1. The van der Waals surface area contributed by atoms with Gasteiger partial charge >= 0.3 is 5.97 Å². The number of benzene rings is 1. The number of ether oxygens (including phenoxy) is 1. The fraction of sp³-hybridized carbons (Fsp3) is 0.375. The van der Waals surface area contributed by atoms with Crippen LogP contribution < -0.4 is 10.1 Å². The number of carboxylic acid groups (broad SMARTS) is 1. The summed E-state index contributed by atoms with van der Waals surface area (Å²) in [6.07, 6.45) is 0.998. The number of rotatable bonds is 4. The number of carbonyl (C=O) groups excluding carboxylic acids is 1. The first-order valence-electron chi connectivity index (χ1n) is 7.16. The summed E-state index contributed by atoms with van der Waals surface area (Å²) in [5.74, 6) is -0.556. The number of amides is 1. The van der Waals surface area contributed by atoms with Crippen molar-refractivity contribution in [1.82, 2.24) is 9.88 Å². The van der Waals surface area contributed by atoms with E-state index < -0.39 is 5.97 Å². The number of nitrogens with zero attached hydrogens (tertiary/aromatic N) is 1. The average Bonchev–Trinajstić information content (AvgIpc) is 2.78. The van der Waals surface area contributed by atoms with E-state index in [0.717, 1.165) is 16.7 Å². The van der Waals surface area contributed by atoms with Crippen LogP contribution in [0.2, 0.25) is 0 Å². The largest absolute Gasteiger partial charge is 0.497 e. The van der Waals surface area contributed by atoms with Gasteiger partial charge in [-0.2, -0.15) is 0 Å². The molecule has 6 nitrogen and oxygen atoms in total. The molecule has 0 saturated heterocycles. The van der Waals surface area contributed by atoms with Crippen molar-refractivity contribution in [3.05, 3.63) is 30.0 Å². The third kappa shape index (κ3) is 2.41. The second kappa shape index (κ2) is 5.36. The van der Waals surface area contributed by atoms with Crippen molar-refractivity contribution in [1.29, 1.82) is 0 Å². The molecule has 1 aromatic carbocycles. The number of hydrogen-bond acceptors (Lipinski definition) is 3. The number of aromatic nitrogens is 1. The van der Waals surface area contributed by atoms with Crippen LogP contribution in [0.15, 0.2) is 24.3 Å². The fourth-order valence-corrected chi connectivity index (χ4v) is 2.85. The van der Waals surface area contributed by atoms with Crippen LogP contribution in [-0.2, 0) is 11.8 Å². The first-order valence-corrected chi connectivity index (χ1v) is 7.16. The molecule has 1 fully saturated rings. The molecule has 0 radical (unpaired) electrons. The summed E-state index contributed by atoms with van der Waals surface area (Å²) in [5, 5.41) is 12.7. The molecule has 2 N–H and O–H groups in total. The van der Waals surface area contributed by atoms with Crippen LogP contribution in [0.25, 0.3) is 10.9 Å². The van der Waals surface area contributed by atoms with Crippen LogP contribution >= 0.6 is 0 Å². The molecule has 116 valence electrons. The Bertz CT molecular complexity index is 744. The Morgan fingerprint density at radius 2 is 2.05 bits per heavy atom. The molecule has 0 unspecified atom stereocenters. The van der Waals surface area contributed by atoms with Gasteiger partial charge in [-0.05, 0) is 31.0 Å². The lowest BCUT2D eigenvalue weighted by molar-refractivity contribution is -0.145. The van der Waals surface area contributed by atoms with Crippen LogP contribution in [-0.4, -0.2) is 34.7 Å². The van der Waals surface area contributed by atoms with Crippen LogP contribution in [0.4, 0.5) is 0 Å². The molecule has 0 atom stereocenters. The quantitative estimate of drug-likeness (QED) is 0.902. The van der Waals surface area contributed by atoms with Crippen LogP contribution in [0.5, 0.6) is 5.75 Å². The monoisotopic (exact) mass is 302 g/mol. The number of fused-ring (bicyclic) bond motifs is 1. The predicted molar refractivity (Wildman–Crippen MR) is 81.1 cm³/mol. The highest BCUT2D eigenvalue weighted by molar-refractivity contribution is 5.99. The van der Waals surface area contributed by atoms with Gasteiger partial charge in [0, 0.05) is 24.5 Å². The maximum atomic E-state index is 12.4. The number of nitrogens with one attached hydrogen (secondary N) is 1. The molecular formula is C16H18N2O4. The molecule has 1 aliphatic rings. The minimum Gasteiger partial charge on any atom is -0.497 e. The Morgan fingerprint density at radius 1 is 1.32 bits per heavy atom. The number of carbonyl (C=O) groups is 2. The Labute approximate surface area is 127 Å². The molecule has 3 rings (SSSR count). The zero-order valence-electron chi connectivity index (χ0n) is 12.5. The van der Waals surface area contributed by atoms with Crippen molar-refractivity contribution in [3.8, 4) is 5.75 Å². The second-order valence-electron chi connectivity index (χ2n) is 5.69. The van der Waals surface area contributed by atoms with E-state index in [1.807, 2.05) is 35.9 Å². The van der Waals surface area contributed by atoms with Gasteiger partial charge in [-0.1, -0.05) is 0 Å². The molecule has 2 aromatic rings. The van der Waals surface area contributed by atoms with Gasteiger partial charge in [0.25, 0.3) is 5.91 Å². The van der Waals surface area contributed by atoms with Gasteiger partial charge in [-0.15, -0.1) is 0 Å². The molecule has 0 spiro atoms.